The molecule has 0 amide bonds. The summed E-state index contributed by atoms with van der Waals surface area (Å²) in [6.07, 6.45) is 2.17. The fourth-order valence-electron chi connectivity index (χ4n) is 3.91. The Bertz CT molecular complexity index is 615. The van der Waals surface area contributed by atoms with Gasteiger partial charge in [-0.25, -0.2) is 0 Å². The van der Waals surface area contributed by atoms with Gasteiger partial charge in [0, 0.05) is 10.8 Å². The minimum absolute atomic E-state index is 0.263. The van der Waals surface area contributed by atoms with Gasteiger partial charge in [0.05, 0.1) is 6.10 Å². The van der Waals surface area contributed by atoms with E-state index in [9.17, 15) is 5.11 Å². The lowest BCUT2D eigenvalue weighted by molar-refractivity contribution is 0.148. The predicted octanol–water partition coefficient (Wildman–Crippen LogP) is 4.07. The van der Waals surface area contributed by atoms with E-state index >= 15 is 0 Å². The zero-order chi connectivity index (χ0) is 13.0. The van der Waals surface area contributed by atoms with Gasteiger partial charge in [0.25, 0.3) is 0 Å². The lowest BCUT2D eigenvalue weighted by Crippen LogP contribution is -2.01. The van der Waals surface area contributed by atoms with Crippen molar-refractivity contribution in [2.45, 2.75) is 31.8 Å². The first-order valence-corrected chi connectivity index (χ1v) is 7.95. The van der Waals surface area contributed by atoms with Crippen LogP contribution in [0.1, 0.15) is 40.0 Å². The highest BCUT2D eigenvalue weighted by Crippen LogP contribution is 2.64. The van der Waals surface area contributed by atoms with Gasteiger partial charge in [0.1, 0.15) is 0 Å². The quantitative estimate of drug-likeness (QED) is 0.872. The molecule has 2 heteroatoms. The first-order chi connectivity index (χ1) is 9.27. The van der Waals surface area contributed by atoms with Crippen molar-refractivity contribution in [3.63, 3.8) is 0 Å². The van der Waals surface area contributed by atoms with E-state index in [0.29, 0.717) is 17.8 Å². The van der Waals surface area contributed by atoms with Gasteiger partial charge in [-0.2, -0.15) is 0 Å². The molecule has 1 N–H and O–H groups in total. The van der Waals surface area contributed by atoms with E-state index in [-0.39, 0.29) is 6.10 Å². The predicted molar refractivity (Wildman–Crippen MR) is 78.5 cm³/mol. The van der Waals surface area contributed by atoms with E-state index in [1.807, 2.05) is 0 Å². The molecule has 4 atom stereocenters. The van der Waals surface area contributed by atoms with E-state index in [1.165, 1.54) is 34.4 Å². The normalized spacial score (nSPS) is 29.5. The summed E-state index contributed by atoms with van der Waals surface area (Å²) in [5.74, 6) is 1.74. The lowest BCUT2D eigenvalue weighted by atomic mass is 9.92. The fourth-order valence-corrected chi connectivity index (χ4v) is 4.88. The third kappa shape index (κ3) is 1.70. The van der Waals surface area contributed by atoms with E-state index in [4.69, 9.17) is 0 Å². The average Bonchev–Trinajstić information content (AvgIpc) is 3.04. The van der Waals surface area contributed by atoms with Crippen LogP contribution >= 0.6 is 11.3 Å². The van der Waals surface area contributed by atoms with Crippen LogP contribution in [0.15, 0.2) is 35.7 Å². The summed E-state index contributed by atoms with van der Waals surface area (Å²) in [4.78, 5) is 1.18. The van der Waals surface area contributed by atoms with Crippen LogP contribution in [-0.4, -0.2) is 5.11 Å². The average molecular weight is 270 g/mol. The Morgan fingerprint density at radius 3 is 2.89 bits per heavy atom. The van der Waals surface area contributed by atoms with Crippen LogP contribution in [0.3, 0.4) is 0 Å². The van der Waals surface area contributed by atoms with Gasteiger partial charge in [-0.15, -0.1) is 11.3 Å². The van der Waals surface area contributed by atoms with Crippen molar-refractivity contribution < 1.29 is 5.11 Å². The summed E-state index contributed by atoms with van der Waals surface area (Å²) in [6, 6.07) is 10.9. The molecule has 0 saturated heterocycles. The number of hydrogen-bond acceptors (Lipinski definition) is 2. The number of rotatable bonds is 2. The first-order valence-electron chi connectivity index (χ1n) is 7.07. The van der Waals surface area contributed by atoms with Gasteiger partial charge in [0.15, 0.2) is 0 Å². The molecule has 1 aromatic carbocycles. The van der Waals surface area contributed by atoms with Gasteiger partial charge < -0.3 is 5.11 Å². The molecule has 1 saturated carbocycles. The number of thiophene rings is 1. The van der Waals surface area contributed by atoms with Crippen LogP contribution in [0.5, 0.6) is 0 Å². The van der Waals surface area contributed by atoms with Crippen LogP contribution in [0, 0.1) is 18.8 Å². The second-order valence-corrected chi connectivity index (χ2v) is 6.86. The monoisotopic (exact) mass is 270 g/mol. The summed E-state index contributed by atoms with van der Waals surface area (Å²) in [6.45, 7) is 2.11. The molecule has 19 heavy (non-hydrogen) atoms. The van der Waals surface area contributed by atoms with E-state index < -0.39 is 0 Å². The molecule has 1 fully saturated rings. The second-order valence-electron chi connectivity index (χ2n) is 5.92. The Hall–Kier alpha value is -1.12. The minimum atomic E-state index is -0.263. The molecule has 2 aromatic rings. The third-order valence-electron chi connectivity index (χ3n) is 4.93. The van der Waals surface area contributed by atoms with Gasteiger partial charge in [0.2, 0.25) is 0 Å². The number of aliphatic hydroxyl groups excluding tert-OH is 1. The van der Waals surface area contributed by atoms with Crippen molar-refractivity contribution in [2.75, 3.05) is 0 Å². The molecular weight excluding hydrogens is 252 g/mol. The number of hydrogen-bond donors (Lipinski definition) is 1. The van der Waals surface area contributed by atoms with Crippen molar-refractivity contribution in [1.82, 2.24) is 0 Å². The lowest BCUT2D eigenvalue weighted by Gasteiger charge is -2.13. The Morgan fingerprint density at radius 2 is 2.11 bits per heavy atom. The molecule has 4 unspecified atom stereocenters. The van der Waals surface area contributed by atoms with E-state index in [1.54, 1.807) is 11.3 Å². The van der Waals surface area contributed by atoms with Crippen LogP contribution in [0.4, 0.5) is 0 Å². The Balaban J connectivity index is 1.66. The number of aryl methyl sites for hydroxylation is 2. The highest BCUT2D eigenvalue weighted by atomic mass is 32.1. The number of aliphatic hydroxyl groups is 1. The Labute approximate surface area is 117 Å². The van der Waals surface area contributed by atoms with E-state index in [0.717, 1.165) is 0 Å². The molecule has 1 heterocycles. The van der Waals surface area contributed by atoms with E-state index in [2.05, 4.69) is 42.6 Å². The SMILES string of the molecule is Cc1ccsc1C(O)C1C2CCc3ccccc3C21. The maximum Gasteiger partial charge on any atom is 0.0921 e. The summed E-state index contributed by atoms with van der Waals surface area (Å²) >= 11 is 1.70. The van der Waals surface area contributed by atoms with Gasteiger partial charge >= 0.3 is 0 Å². The van der Waals surface area contributed by atoms with Crippen molar-refractivity contribution in [1.29, 1.82) is 0 Å². The molecule has 1 aromatic heterocycles. The summed E-state index contributed by atoms with van der Waals surface area (Å²) in [5, 5.41) is 12.8. The molecule has 2 aliphatic carbocycles. The van der Waals surface area contributed by atoms with Crippen LogP contribution in [0.25, 0.3) is 0 Å². The van der Waals surface area contributed by atoms with Crippen molar-refractivity contribution in [3.8, 4) is 0 Å². The minimum Gasteiger partial charge on any atom is -0.387 e. The Morgan fingerprint density at radius 1 is 1.26 bits per heavy atom. The van der Waals surface area contributed by atoms with Crippen molar-refractivity contribution >= 4 is 11.3 Å². The van der Waals surface area contributed by atoms with Gasteiger partial charge in [-0.05, 0) is 59.7 Å². The number of fused-ring (bicyclic) bond motifs is 3. The molecule has 0 radical (unpaired) electrons. The molecule has 98 valence electrons. The Kier molecular flexibility index (Phi) is 2.58. The van der Waals surface area contributed by atoms with Crippen LogP contribution in [0.2, 0.25) is 0 Å². The maximum atomic E-state index is 10.7. The standard InChI is InChI=1S/C17H18OS/c1-10-8-9-19-17(10)16(18)15-13-7-6-11-4-2-3-5-12(11)14(13)15/h2-5,8-9,13-16,18H,6-7H2,1H3. The van der Waals surface area contributed by atoms with Gasteiger partial charge in [-0.1, -0.05) is 24.3 Å². The van der Waals surface area contributed by atoms with Crippen LogP contribution < -0.4 is 0 Å². The van der Waals surface area contributed by atoms with Crippen molar-refractivity contribution in [3.05, 3.63) is 57.3 Å². The zero-order valence-electron chi connectivity index (χ0n) is 11.0. The van der Waals surface area contributed by atoms with Crippen molar-refractivity contribution in [2.24, 2.45) is 11.8 Å². The zero-order valence-corrected chi connectivity index (χ0v) is 11.9. The second kappa shape index (κ2) is 4.19. The molecule has 2 aliphatic rings. The summed E-state index contributed by atoms with van der Waals surface area (Å²) in [7, 11) is 0. The van der Waals surface area contributed by atoms with Crippen LogP contribution in [-0.2, 0) is 6.42 Å². The summed E-state index contributed by atoms with van der Waals surface area (Å²) in [5.41, 5.74) is 4.24. The summed E-state index contributed by atoms with van der Waals surface area (Å²) < 4.78 is 0. The fraction of sp³-hybridized carbons (Fsp3) is 0.412. The topological polar surface area (TPSA) is 20.2 Å². The molecule has 4 rings (SSSR count). The molecule has 1 nitrogen and oxygen atoms in total. The third-order valence-corrected chi connectivity index (χ3v) is 6.02. The number of benzene rings is 1. The van der Waals surface area contributed by atoms with Gasteiger partial charge in [-0.3, -0.25) is 0 Å². The maximum absolute atomic E-state index is 10.7. The molecule has 0 bridgehead atoms. The first kappa shape index (κ1) is 11.7. The highest BCUT2D eigenvalue weighted by molar-refractivity contribution is 7.10. The molecule has 0 spiro atoms. The molecule has 0 aliphatic heterocycles. The highest BCUT2D eigenvalue weighted by Gasteiger charge is 2.56. The molecular formula is C17H18OS. The largest absolute Gasteiger partial charge is 0.387 e. The smallest absolute Gasteiger partial charge is 0.0921 e.